The molecule has 2 N–H and O–H groups in total. The van der Waals surface area contributed by atoms with Crippen molar-refractivity contribution in [2.24, 2.45) is 0 Å². The Kier molecular flexibility index (Phi) is 7.09. The summed E-state index contributed by atoms with van der Waals surface area (Å²) in [6.45, 7) is 3.93. The van der Waals surface area contributed by atoms with Crippen LogP contribution in [-0.4, -0.2) is 49.9 Å². The van der Waals surface area contributed by atoms with Gasteiger partial charge in [0, 0.05) is 5.69 Å². The van der Waals surface area contributed by atoms with Gasteiger partial charge >= 0.3 is 5.97 Å². The highest BCUT2D eigenvalue weighted by Gasteiger charge is 2.17. The monoisotopic (exact) mass is 389 g/mol. The molecule has 0 spiro atoms. The van der Waals surface area contributed by atoms with Crippen LogP contribution in [-0.2, 0) is 14.3 Å². The number of hydrogen-bond donors (Lipinski definition) is 2. The van der Waals surface area contributed by atoms with Gasteiger partial charge in [-0.1, -0.05) is 18.2 Å². The first-order chi connectivity index (χ1) is 12.8. The van der Waals surface area contributed by atoms with Crippen LogP contribution in [0.2, 0.25) is 0 Å². The molecule has 0 saturated carbocycles. The Morgan fingerprint density at radius 2 is 1.63 bits per heavy atom. The van der Waals surface area contributed by atoms with Crippen molar-refractivity contribution in [1.29, 1.82) is 0 Å². The molecule has 0 aliphatic heterocycles. The van der Waals surface area contributed by atoms with Gasteiger partial charge in [-0.15, -0.1) is 11.3 Å². The molecule has 0 aliphatic carbocycles. The van der Waals surface area contributed by atoms with Crippen LogP contribution in [0.25, 0.3) is 0 Å². The number of carbonyl (C=O) groups excluding carboxylic acids is 3. The fraction of sp³-hybridized carbons (Fsp3) is 0.316. The van der Waals surface area contributed by atoms with Crippen molar-refractivity contribution < 1.29 is 19.1 Å². The molecule has 1 heterocycles. The lowest BCUT2D eigenvalue weighted by atomic mass is 10.1. The molecule has 2 rings (SSSR count). The van der Waals surface area contributed by atoms with Crippen molar-refractivity contribution in [2.45, 2.75) is 13.8 Å². The van der Waals surface area contributed by atoms with E-state index in [9.17, 15) is 14.4 Å². The van der Waals surface area contributed by atoms with Crippen molar-refractivity contribution in [2.75, 3.05) is 37.9 Å². The summed E-state index contributed by atoms with van der Waals surface area (Å²) in [6, 6.07) is 7.44. The maximum atomic E-state index is 12.3. The molecule has 7 nitrogen and oxygen atoms in total. The third-order valence-corrected chi connectivity index (χ3v) is 4.78. The van der Waals surface area contributed by atoms with E-state index in [-0.39, 0.29) is 24.9 Å². The summed E-state index contributed by atoms with van der Waals surface area (Å²) in [5.41, 5.74) is 3.17. The Hall–Kier alpha value is -2.71. The van der Waals surface area contributed by atoms with Gasteiger partial charge in [0.15, 0.2) is 0 Å². The van der Waals surface area contributed by atoms with E-state index in [2.05, 4.69) is 15.4 Å². The second-order valence-corrected chi connectivity index (χ2v) is 7.11. The zero-order valence-corrected chi connectivity index (χ0v) is 16.6. The molecular formula is C19H23N3O4S. The molecule has 144 valence electrons. The maximum absolute atomic E-state index is 12.3. The van der Waals surface area contributed by atoms with E-state index in [0.29, 0.717) is 10.6 Å². The number of benzene rings is 1. The van der Waals surface area contributed by atoms with Gasteiger partial charge in [0.25, 0.3) is 0 Å². The minimum atomic E-state index is -0.498. The summed E-state index contributed by atoms with van der Waals surface area (Å²) >= 11 is 1.19. The summed E-state index contributed by atoms with van der Waals surface area (Å²) < 4.78 is 4.68. The first-order valence-corrected chi connectivity index (χ1v) is 9.20. The number of rotatable bonds is 7. The lowest BCUT2D eigenvalue weighted by Gasteiger charge is -2.17. The normalized spacial score (nSPS) is 10.6. The molecule has 8 heteroatoms. The fourth-order valence-corrected chi connectivity index (χ4v) is 3.35. The van der Waals surface area contributed by atoms with Gasteiger partial charge < -0.3 is 15.4 Å². The second-order valence-electron chi connectivity index (χ2n) is 6.19. The summed E-state index contributed by atoms with van der Waals surface area (Å²) in [4.78, 5) is 38.0. The van der Waals surface area contributed by atoms with E-state index in [1.165, 1.54) is 18.4 Å². The number of hydrogen-bond acceptors (Lipinski definition) is 6. The van der Waals surface area contributed by atoms with Gasteiger partial charge in [0.2, 0.25) is 11.8 Å². The highest BCUT2D eigenvalue weighted by atomic mass is 32.1. The molecule has 0 atom stereocenters. The number of likely N-dealkylation sites (N-methyl/N-ethyl adjacent to an activating group) is 1. The first kappa shape index (κ1) is 20.6. The SMILES string of the molecule is COC(=O)c1sccc1NC(=O)CN(C)CC(=O)Nc1c(C)cccc1C. The van der Waals surface area contributed by atoms with Crippen molar-refractivity contribution in [3.05, 3.63) is 45.6 Å². The van der Waals surface area contributed by atoms with Crippen LogP contribution < -0.4 is 10.6 Å². The van der Waals surface area contributed by atoms with Crippen molar-refractivity contribution in [1.82, 2.24) is 4.90 Å². The zero-order valence-electron chi connectivity index (χ0n) is 15.8. The number of nitrogens with zero attached hydrogens (tertiary/aromatic N) is 1. The highest BCUT2D eigenvalue weighted by molar-refractivity contribution is 7.12. The van der Waals surface area contributed by atoms with Crippen molar-refractivity contribution >= 4 is 40.5 Å². The summed E-state index contributed by atoms with van der Waals surface area (Å²) in [7, 11) is 2.97. The average molecular weight is 389 g/mol. The molecule has 0 bridgehead atoms. The second kappa shape index (κ2) is 9.29. The quantitative estimate of drug-likeness (QED) is 0.711. The Morgan fingerprint density at radius 3 is 2.22 bits per heavy atom. The molecule has 0 radical (unpaired) electrons. The van der Waals surface area contributed by atoms with Gasteiger partial charge in [-0.3, -0.25) is 14.5 Å². The smallest absolute Gasteiger partial charge is 0.350 e. The number of methoxy groups -OCH3 is 1. The van der Waals surface area contributed by atoms with Crippen LogP contribution >= 0.6 is 11.3 Å². The van der Waals surface area contributed by atoms with Crippen LogP contribution in [0.15, 0.2) is 29.6 Å². The third-order valence-electron chi connectivity index (χ3n) is 3.88. The fourth-order valence-electron chi connectivity index (χ4n) is 2.58. The third kappa shape index (κ3) is 5.63. The highest BCUT2D eigenvalue weighted by Crippen LogP contribution is 2.23. The maximum Gasteiger partial charge on any atom is 0.350 e. The standard InChI is InChI=1S/C19H23N3O4S/c1-12-6-5-7-13(2)17(12)21-16(24)11-22(3)10-15(23)20-14-8-9-27-18(14)19(25)26-4/h5-9H,10-11H2,1-4H3,(H,20,23)(H,21,24). The lowest BCUT2D eigenvalue weighted by molar-refractivity contribution is -0.119. The number of amides is 2. The molecule has 0 unspecified atom stereocenters. The number of esters is 1. The zero-order chi connectivity index (χ0) is 20.0. The first-order valence-electron chi connectivity index (χ1n) is 8.32. The number of anilines is 2. The predicted octanol–water partition coefficient (Wildman–Crippen LogP) is 2.66. The van der Waals surface area contributed by atoms with Crippen LogP contribution in [0.5, 0.6) is 0 Å². The molecule has 2 amide bonds. The molecule has 27 heavy (non-hydrogen) atoms. The summed E-state index contributed by atoms with van der Waals surface area (Å²) in [5.74, 6) is -1.02. The van der Waals surface area contributed by atoms with Crippen LogP contribution in [0.1, 0.15) is 20.8 Å². The molecule has 0 saturated heterocycles. The molecule has 2 aromatic rings. The Labute approximate surface area is 162 Å². The number of ether oxygens (including phenoxy) is 1. The van der Waals surface area contributed by atoms with Gasteiger partial charge in [0.05, 0.1) is 25.9 Å². The minimum absolute atomic E-state index is 0.0105. The van der Waals surface area contributed by atoms with E-state index < -0.39 is 5.97 Å². The molecule has 0 aliphatic rings. The Morgan fingerprint density at radius 1 is 1.04 bits per heavy atom. The van der Waals surface area contributed by atoms with Crippen LogP contribution in [0.4, 0.5) is 11.4 Å². The van der Waals surface area contributed by atoms with Crippen molar-refractivity contribution in [3.8, 4) is 0 Å². The van der Waals surface area contributed by atoms with E-state index in [1.54, 1.807) is 23.4 Å². The predicted molar refractivity (Wildman–Crippen MR) is 106 cm³/mol. The summed E-state index contributed by atoms with van der Waals surface area (Å²) in [5, 5.41) is 7.26. The molecule has 0 fully saturated rings. The number of nitrogens with one attached hydrogen (secondary N) is 2. The van der Waals surface area contributed by atoms with E-state index in [4.69, 9.17) is 0 Å². The molecular weight excluding hydrogens is 366 g/mol. The number of thiophene rings is 1. The van der Waals surface area contributed by atoms with Crippen LogP contribution in [0, 0.1) is 13.8 Å². The van der Waals surface area contributed by atoms with Gasteiger partial charge in [0.1, 0.15) is 4.88 Å². The van der Waals surface area contributed by atoms with E-state index in [1.807, 2.05) is 32.0 Å². The molecule has 1 aromatic heterocycles. The largest absolute Gasteiger partial charge is 0.465 e. The number of carbonyl (C=O) groups is 3. The lowest BCUT2D eigenvalue weighted by Crippen LogP contribution is -2.36. The average Bonchev–Trinajstić information content (AvgIpc) is 3.05. The summed E-state index contributed by atoms with van der Waals surface area (Å²) in [6.07, 6.45) is 0. The van der Waals surface area contributed by atoms with Gasteiger partial charge in [-0.25, -0.2) is 4.79 Å². The van der Waals surface area contributed by atoms with E-state index in [0.717, 1.165) is 16.8 Å². The Bertz CT molecular complexity index is 827. The van der Waals surface area contributed by atoms with E-state index >= 15 is 0 Å². The van der Waals surface area contributed by atoms with Crippen molar-refractivity contribution in [3.63, 3.8) is 0 Å². The minimum Gasteiger partial charge on any atom is -0.465 e. The number of para-hydroxylation sites is 1. The van der Waals surface area contributed by atoms with Gasteiger partial charge in [-0.05, 0) is 43.5 Å². The van der Waals surface area contributed by atoms with Crippen LogP contribution in [0.3, 0.4) is 0 Å². The Balaban J connectivity index is 1.89. The topological polar surface area (TPSA) is 87.7 Å². The molecule has 1 aromatic carbocycles. The van der Waals surface area contributed by atoms with Gasteiger partial charge in [-0.2, -0.15) is 0 Å². The number of aryl methyl sites for hydroxylation is 2.